The van der Waals surface area contributed by atoms with Crippen LogP contribution in [-0.4, -0.2) is 36.5 Å². The predicted octanol–water partition coefficient (Wildman–Crippen LogP) is 3.66. The second-order valence-corrected chi connectivity index (χ2v) is 7.35. The van der Waals surface area contributed by atoms with Gasteiger partial charge >= 0.3 is 0 Å². The first-order valence-electron chi connectivity index (χ1n) is 9.42. The minimum absolute atomic E-state index is 0.175. The zero-order valence-corrected chi connectivity index (χ0v) is 14.7. The Morgan fingerprint density at radius 3 is 2.71 bits per heavy atom. The molecule has 3 rings (SSSR count). The summed E-state index contributed by atoms with van der Waals surface area (Å²) in [5.41, 5.74) is 1.60. The molecule has 0 spiro atoms. The maximum atomic E-state index is 12.5. The molecule has 3 heteroatoms. The van der Waals surface area contributed by atoms with E-state index in [1.54, 1.807) is 0 Å². The van der Waals surface area contributed by atoms with Gasteiger partial charge in [-0.15, -0.1) is 6.58 Å². The lowest BCUT2D eigenvalue weighted by Gasteiger charge is -2.37. The van der Waals surface area contributed by atoms with Gasteiger partial charge in [-0.2, -0.15) is 0 Å². The summed E-state index contributed by atoms with van der Waals surface area (Å²) in [5, 5.41) is 3.38. The highest BCUT2D eigenvalue weighted by molar-refractivity contribution is 5.79. The molecule has 1 N–H and O–H groups in total. The van der Waals surface area contributed by atoms with Crippen molar-refractivity contribution < 1.29 is 4.79 Å². The van der Waals surface area contributed by atoms with Gasteiger partial charge in [-0.3, -0.25) is 4.79 Å². The molecule has 1 atom stereocenters. The molecule has 1 saturated heterocycles. The van der Waals surface area contributed by atoms with Crippen molar-refractivity contribution in [2.24, 2.45) is 0 Å². The van der Waals surface area contributed by atoms with E-state index < -0.39 is 0 Å². The Balaban J connectivity index is 1.70. The van der Waals surface area contributed by atoms with Crippen LogP contribution in [0, 0.1) is 0 Å². The van der Waals surface area contributed by atoms with Crippen LogP contribution in [0.4, 0.5) is 0 Å². The summed E-state index contributed by atoms with van der Waals surface area (Å²) in [6.07, 6.45) is 9.65. The van der Waals surface area contributed by atoms with Crippen molar-refractivity contribution in [1.29, 1.82) is 0 Å². The number of hydrogen-bond acceptors (Lipinski definition) is 2. The molecule has 3 nitrogen and oxygen atoms in total. The standard InChI is InChI=1S/C21H30N2O/c1-2-15-22-16-12-19-10-11-20(24)23(19)17-21(13-6-7-14-21)18-8-4-3-5-9-18/h2-5,8-9,19,22H,1,6-7,10-17H2. The van der Waals surface area contributed by atoms with Gasteiger partial charge in [-0.1, -0.05) is 49.2 Å². The van der Waals surface area contributed by atoms with Crippen LogP contribution in [0.5, 0.6) is 0 Å². The van der Waals surface area contributed by atoms with Crippen molar-refractivity contribution in [1.82, 2.24) is 10.2 Å². The Morgan fingerprint density at radius 1 is 1.25 bits per heavy atom. The number of nitrogens with one attached hydrogen (secondary N) is 1. The Kier molecular flexibility index (Phi) is 5.72. The highest BCUT2D eigenvalue weighted by Crippen LogP contribution is 2.43. The van der Waals surface area contributed by atoms with E-state index in [1.165, 1.54) is 31.2 Å². The molecule has 1 unspecified atom stereocenters. The van der Waals surface area contributed by atoms with Crippen molar-refractivity contribution in [3.63, 3.8) is 0 Å². The molecule has 1 aromatic carbocycles. The van der Waals surface area contributed by atoms with Gasteiger partial charge in [0, 0.05) is 31.0 Å². The molecule has 0 aromatic heterocycles. The molecule has 2 aliphatic rings. The minimum atomic E-state index is 0.175. The first-order valence-corrected chi connectivity index (χ1v) is 9.42. The van der Waals surface area contributed by atoms with Crippen molar-refractivity contribution in [3.8, 4) is 0 Å². The second kappa shape index (κ2) is 7.98. The van der Waals surface area contributed by atoms with Crippen LogP contribution in [0.3, 0.4) is 0 Å². The molecule has 1 heterocycles. The first kappa shape index (κ1) is 17.2. The van der Waals surface area contributed by atoms with Crippen LogP contribution >= 0.6 is 0 Å². The average Bonchev–Trinajstić information content (AvgIpc) is 3.22. The third-order valence-corrected chi connectivity index (χ3v) is 5.82. The number of hydrogen-bond donors (Lipinski definition) is 1. The van der Waals surface area contributed by atoms with Gasteiger partial charge in [-0.05, 0) is 37.8 Å². The SMILES string of the molecule is C=CCNCCC1CCC(=O)N1CC1(c2ccccc2)CCCC1. The number of carbonyl (C=O) groups excluding carboxylic acids is 1. The maximum Gasteiger partial charge on any atom is 0.222 e. The van der Waals surface area contributed by atoms with Crippen LogP contribution in [0.25, 0.3) is 0 Å². The fraction of sp³-hybridized carbons (Fsp3) is 0.571. The van der Waals surface area contributed by atoms with E-state index in [0.717, 1.165) is 38.9 Å². The second-order valence-electron chi connectivity index (χ2n) is 7.35. The lowest BCUT2D eigenvalue weighted by molar-refractivity contribution is -0.129. The highest BCUT2D eigenvalue weighted by atomic mass is 16.2. The third-order valence-electron chi connectivity index (χ3n) is 5.82. The van der Waals surface area contributed by atoms with Gasteiger partial charge in [0.1, 0.15) is 0 Å². The van der Waals surface area contributed by atoms with E-state index in [4.69, 9.17) is 0 Å². The minimum Gasteiger partial charge on any atom is -0.339 e. The van der Waals surface area contributed by atoms with E-state index in [0.29, 0.717) is 11.9 Å². The van der Waals surface area contributed by atoms with Gasteiger partial charge in [0.2, 0.25) is 5.91 Å². The molecule has 1 aromatic rings. The summed E-state index contributed by atoms with van der Waals surface area (Å²) in [6, 6.07) is 11.3. The van der Waals surface area contributed by atoms with Gasteiger partial charge in [0.15, 0.2) is 0 Å². The van der Waals surface area contributed by atoms with E-state index in [-0.39, 0.29) is 5.41 Å². The summed E-state index contributed by atoms with van der Waals surface area (Å²) in [5.74, 6) is 0.353. The number of carbonyl (C=O) groups is 1. The molecule has 1 aliphatic heterocycles. The summed E-state index contributed by atoms with van der Waals surface area (Å²) >= 11 is 0. The van der Waals surface area contributed by atoms with E-state index >= 15 is 0 Å². The van der Waals surface area contributed by atoms with Crippen LogP contribution in [0.1, 0.15) is 50.5 Å². The maximum absolute atomic E-state index is 12.5. The van der Waals surface area contributed by atoms with Crippen molar-refractivity contribution in [2.45, 2.75) is 56.4 Å². The van der Waals surface area contributed by atoms with Crippen LogP contribution < -0.4 is 5.32 Å². The third kappa shape index (κ3) is 3.72. The molecule has 0 bridgehead atoms. The van der Waals surface area contributed by atoms with Crippen LogP contribution in [0.15, 0.2) is 43.0 Å². The number of amides is 1. The van der Waals surface area contributed by atoms with Crippen molar-refractivity contribution >= 4 is 5.91 Å². The molecule has 1 aliphatic carbocycles. The lowest BCUT2D eigenvalue weighted by Crippen LogP contribution is -2.44. The molecule has 1 saturated carbocycles. The molecule has 130 valence electrons. The van der Waals surface area contributed by atoms with E-state index in [9.17, 15) is 4.79 Å². The molecular weight excluding hydrogens is 296 g/mol. The van der Waals surface area contributed by atoms with Crippen molar-refractivity contribution in [3.05, 3.63) is 48.6 Å². The van der Waals surface area contributed by atoms with Crippen molar-refractivity contribution in [2.75, 3.05) is 19.6 Å². The molecular formula is C21H30N2O. The number of likely N-dealkylation sites (tertiary alicyclic amines) is 1. The topological polar surface area (TPSA) is 32.3 Å². The Labute approximate surface area is 146 Å². The van der Waals surface area contributed by atoms with Gasteiger partial charge < -0.3 is 10.2 Å². The van der Waals surface area contributed by atoms with E-state index in [1.807, 2.05) is 6.08 Å². The zero-order valence-electron chi connectivity index (χ0n) is 14.7. The Morgan fingerprint density at radius 2 is 2.00 bits per heavy atom. The average molecular weight is 326 g/mol. The molecule has 24 heavy (non-hydrogen) atoms. The smallest absolute Gasteiger partial charge is 0.222 e. The summed E-state index contributed by atoms with van der Waals surface area (Å²) in [7, 11) is 0. The lowest BCUT2D eigenvalue weighted by atomic mass is 9.78. The molecule has 0 radical (unpaired) electrons. The van der Waals surface area contributed by atoms with E-state index in [2.05, 4.69) is 47.1 Å². The van der Waals surface area contributed by atoms with Gasteiger partial charge in [0.25, 0.3) is 0 Å². The summed E-state index contributed by atoms with van der Waals surface area (Å²) in [4.78, 5) is 14.7. The number of benzene rings is 1. The number of rotatable bonds is 8. The predicted molar refractivity (Wildman–Crippen MR) is 99.0 cm³/mol. The quantitative estimate of drug-likeness (QED) is 0.584. The fourth-order valence-corrected chi connectivity index (χ4v) is 4.49. The van der Waals surface area contributed by atoms with Gasteiger partial charge in [-0.25, -0.2) is 0 Å². The highest BCUT2D eigenvalue weighted by Gasteiger charge is 2.41. The van der Waals surface area contributed by atoms with Crippen LogP contribution in [-0.2, 0) is 10.2 Å². The Bertz CT molecular complexity index is 548. The summed E-state index contributed by atoms with van der Waals surface area (Å²) in [6.45, 7) is 6.44. The zero-order chi connectivity index (χ0) is 16.8. The number of nitrogens with zero attached hydrogens (tertiary/aromatic N) is 1. The molecule has 2 fully saturated rings. The first-order chi connectivity index (χ1) is 11.7. The van der Waals surface area contributed by atoms with Gasteiger partial charge in [0.05, 0.1) is 0 Å². The summed E-state index contributed by atoms with van der Waals surface area (Å²) < 4.78 is 0. The fourth-order valence-electron chi connectivity index (χ4n) is 4.49. The molecule has 1 amide bonds. The monoisotopic (exact) mass is 326 g/mol. The Hall–Kier alpha value is -1.61. The van der Waals surface area contributed by atoms with Crippen LogP contribution in [0.2, 0.25) is 0 Å². The largest absolute Gasteiger partial charge is 0.339 e. The normalized spacial score (nSPS) is 22.9.